The molecule has 0 radical (unpaired) electrons. The number of anilines is 1. The predicted octanol–water partition coefficient (Wildman–Crippen LogP) is 3.55. The van der Waals surface area contributed by atoms with Crippen molar-refractivity contribution in [2.45, 2.75) is 26.4 Å². The molecule has 1 atom stereocenters. The Hall–Kier alpha value is -2.87. The summed E-state index contributed by atoms with van der Waals surface area (Å²) < 4.78 is 11.2. The Kier molecular flexibility index (Phi) is 7.68. The number of carbonyl (C=O) groups is 1. The van der Waals surface area contributed by atoms with Crippen LogP contribution < -0.4 is 9.64 Å². The van der Waals surface area contributed by atoms with E-state index in [1.165, 1.54) is 4.90 Å². The first-order chi connectivity index (χ1) is 14.9. The minimum atomic E-state index is -0.990. The molecule has 8 heteroatoms. The fourth-order valence-corrected chi connectivity index (χ4v) is 3.17. The number of rotatable bonds is 8. The first kappa shape index (κ1) is 22.8. The zero-order valence-corrected chi connectivity index (χ0v) is 18.2. The third kappa shape index (κ3) is 5.44. The fraction of sp³-hybridized carbons (Fsp3) is 0.304. The molecule has 2 N–H and O–H groups in total. The van der Waals surface area contributed by atoms with Gasteiger partial charge in [-0.1, -0.05) is 42.8 Å². The van der Waals surface area contributed by atoms with E-state index in [1.807, 2.05) is 38.1 Å². The summed E-state index contributed by atoms with van der Waals surface area (Å²) in [6.45, 7) is 3.98. The molecule has 1 heterocycles. The lowest BCUT2D eigenvalue weighted by Gasteiger charge is -2.15. The third-order valence-electron chi connectivity index (χ3n) is 4.53. The first-order valence-electron chi connectivity index (χ1n) is 10.00. The number of aliphatic hydroxyl groups is 2. The number of halogens is 1. The molecule has 2 aromatic carbocycles. The molecule has 0 bridgehead atoms. The zero-order chi connectivity index (χ0) is 22.4. The summed E-state index contributed by atoms with van der Waals surface area (Å²) in [6, 6.07) is 12.8. The maximum Gasteiger partial charge on any atom is 0.305 e. The number of hydrogen-bond donors (Lipinski definition) is 2. The lowest BCUT2D eigenvalue weighted by atomic mass is 10.1. The van der Waals surface area contributed by atoms with Crippen molar-refractivity contribution in [2.24, 2.45) is 4.99 Å². The predicted molar refractivity (Wildman–Crippen MR) is 120 cm³/mol. The molecular weight excluding hydrogens is 420 g/mol. The monoisotopic (exact) mass is 444 g/mol. The second-order valence-electron chi connectivity index (χ2n) is 7.04. The van der Waals surface area contributed by atoms with Crippen molar-refractivity contribution in [1.82, 2.24) is 0 Å². The Labute approximate surface area is 186 Å². The Bertz CT molecular complexity index is 1010. The van der Waals surface area contributed by atoms with E-state index in [0.29, 0.717) is 22.9 Å². The average Bonchev–Trinajstić information content (AvgIpc) is 3.06. The van der Waals surface area contributed by atoms with Crippen molar-refractivity contribution < 1.29 is 24.5 Å². The van der Waals surface area contributed by atoms with Gasteiger partial charge in [0.25, 0.3) is 0 Å². The van der Waals surface area contributed by atoms with Crippen molar-refractivity contribution in [3.63, 3.8) is 0 Å². The Morgan fingerprint density at radius 2 is 2.06 bits per heavy atom. The van der Waals surface area contributed by atoms with Crippen LogP contribution in [0.15, 0.2) is 53.2 Å². The summed E-state index contributed by atoms with van der Waals surface area (Å²) in [4.78, 5) is 19.1. The summed E-state index contributed by atoms with van der Waals surface area (Å²) in [6.07, 6.45) is 1.43. The van der Waals surface area contributed by atoms with Crippen LogP contribution >= 0.6 is 11.6 Å². The number of aliphatic hydroxyl groups excluding tert-OH is 2. The topological polar surface area (TPSA) is 91.6 Å². The van der Waals surface area contributed by atoms with Crippen LogP contribution in [0.5, 0.6) is 5.75 Å². The van der Waals surface area contributed by atoms with Gasteiger partial charge < -0.3 is 19.7 Å². The van der Waals surface area contributed by atoms with Gasteiger partial charge in [0.1, 0.15) is 18.5 Å². The molecule has 0 saturated carbocycles. The van der Waals surface area contributed by atoms with Crippen molar-refractivity contribution in [3.05, 3.63) is 64.4 Å². The highest BCUT2D eigenvalue weighted by atomic mass is 35.5. The van der Waals surface area contributed by atoms with Crippen molar-refractivity contribution in [1.29, 1.82) is 0 Å². The van der Waals surface area contributed by atoms with Gasteiger partial charge in [-0.25, -0.2) is 9.89 Å². The number of aryl methyl sites for hydroxylation is 1. The number of ether oxygens (including phenoxy) is 2. The number of amides is 1. The second kappa shape index (κ2) is 10.4. The smallest absolute Gasteiger partial charge is 0.305 e. The Balaban J connectivity index is 1.88. The molecule has 3 rings (SSSR count). The molecule has 0 spiro atoms. The minimum Gasteiger partial charge on any atom is -0.489 e. The number of carbonyl (C=O) groups excluding carboxylic acids is 1. The summed E-state index contributed by atoms with van der Waals surface area (Å²) in [7, 11) is 0. The van der Waals surface area contributed by atoms with Gasteiger partial charge in [-0.05, 0) is 48.7 Å². The van der Waals surface area contributed by atoms with E-state index >= 15 is 0 Å². The van der Waals surface area contributed by atoms with Crippen molar-refractivity contribution in [2.75, 3.05) is 24.7 Å². The highest BCUT2D eigenvalue weighted by Crippen LogP contribution is 2.31. The van der Waals surface area contributed by atoms with Gasteiger partial charge in [-0.15, -0.1) is 0 Å². The molecule has 0 aliphatic carbocycles. The molecule has 1 amide bonds. The normalized spacial score (nSPS) is 17.3. The zero-order valence-electron chi connectivity index (χ0n) is 17.4. The van der Waals surface area contributed by atoms with Crippen LogP contribution in [0.1, 0.15) is 24.5 Å². The van der Waals surface area contributed by atoms with E-state index in [9.17, 15) is 9.90 Å². The van der Waals surface area contributed by atoms with Crippen molar-refractivity contribution >= 4 is 35.3 Å². The van der Waals surface area contributed by atoms with E-state index in [-0.39, 0.29) is 24.3 Å². The lowest BCUT2D eigenvalue weighted by Crippen LogP contribution is -2.30. The van der Waals surface area contributed by atoms with E-state index in [4.69, 9.17) is 26.2 Å². The molecule has 2 aromatic rings. The van der Waals surface area contributed by atoms with E-state index in [0.717, 1.165) is 17.7 Å². The first-order valence-corrected chi connectivity index (χ1v) is 10.4. The standard InChI is InChI=1S/C23H25ClN2O5/c1-3-10-25-23-26(19-7-5-4-6-15(19)2)22(29)21(31-23)12-16-8-9-20(18(24)11-16)30-14-17(28)13-27/h4-9,11-12,17,27-28H,3,10,13-14H2,1-2H3/b21-12-,25-23+/t17-/m1/s1. The third-order valence-corrected chi connectivity index (χ3v) is 4.82. The SMILES string of the molecule is CCC/N=C1/O/C(=C\c2ccc(OC[C@H](O)CO)c(Cl)c2)C(=O)N1c1ccccc1C. The van der Waals surface area contributed by atoms with Gasteiger partial charge in [-0.2, -0.15) is 0 Å². The van der Waals surface area contributed by atoms with Gasteiger partial charge in [0.05, 0.1) is 17.3 Å². The molecular formula is C23H25ClN2O5. The van der Waals surface area contributed by atoms with Crippen LogP contribution in [0, 0.1) is 6.92 Å². The largest absolute Gasteiger partial charge is 0.489 e. The van der Waals surface area contributed by atoms with Crippen LogP contribution in [0.2, 0.25) is 5.02 Å². The molecule has 7 nitrogen and oxygen atoms in total. The summed E-state index contributed by atoms with van der Waals surface area (Å²) in [5.41, 5.74) is 2.29. The van der Waals surface area contributed by atoms with Gasteiger partial charge in [0.2, 0.25) is 0 Å². The highest BCUT2D eigenvalue weighted by molar-refractivity contribution is 6.32. The molecule has 0 unspecified atom stereocenters. The van der Waals surface area contributed by atoms with E-state index in [1.54, 1.807) is 24.3 Å². The van der Waals surface area contributed by atoms with Gasteiger partial charge in [0.15, 0.2) is 5.76 Å². The molecule has 1 fully saturated rings. The van der Waals surface area contributed by atoms with E-state index < -0.39 is 12.7 Å². The van der Waals surface area contributed by atoms with Crippen LogP contribution in [0.4, 0.5) is 5.69 Å². The molecule has 164 valence electrons. The number of para-hydroxylation sites is 1. The van der Waals surface area contributed by atoms with Gasteiger partial charge >= 0.3 is 11.9 Å². The summed E-state index contributed by atoms with van der Waals surface area (Å²) >= 11 is 6.26. The molecule has 31 heavy (non-hydrogen) atoms. The maximum atomic E-state index is 13.1. The molecule has 1 aliphatic heterocycles. The molecule has 1 saturated heterocycles. The van der Waals surface area contributed by atoms with Crippen molar-refractivity contribution in [3.8, 4) is 5.75 Å². The maximum absolute atomic E-state index is 13.1. The van der Waals surface area contributed by atoms with Gasteiger partial charge in [-0.3, -0.25) is 4.79 Å². The molecule has 1 aliphatic rings. The van der Waals surface area contributed by atoms with E-state index in [2.05, 4.69) is 4.99 Å². The molecule has 0 aromatic heterocycles. The number of hydrogen-bond acceptors (Lipinski definition) is 6. The number of aliphatic imine (C=N–C) groups is 1. The number of nitrogens with zero attached hydrogens (tertiary/aromatic N) is 2. The Morgan fingerprint density at radius 3 is 2.74 bits per heavy atom. The van der Waals surface area contributed by atoms with Crippen LogP contribution in [0.25, 0.3) is 6.08 Å². The van der Waals surface area contributed by atoms with Crippen LogP contribution in [-0.4, -0.2) is 48.0 Å². The van der Waals surface area contributed by atoms with Gasteiger partial charge in [0, 0.05) is 6.54 Å². The quantitative estimate of drug-likeness (QED) is 0.607. The fourth-order valence-electron chi connectivity index (χ4n) is 2.93. The average molecular weight is 445 g/mol. The Morgan fingerprint density at radius 1 is 1.29 bits per heavy atom. The number of amidine groups is 1. The summed E-state index contributed by atoms with van der Waals surface area (Å²) in [5.74, 6) is 0.187. The number of benzene rings is 2. The highest BCUT2D eigenvalue weighted by Gasteiger charge is 2.36. The van der Waals surface area contributed by atoms with Crippen LogP contribution in [0.3, 0.4) is 0 Å². The minimum absolute atomic E-state index is 0.0824. The summed E-state index contributed by atoms with van der Waals surface area (Å²) in [5, 5.41) is 18.6. The lowest BCUT2D eigenvalue weighted by molar-refractivity contribution is -0.114. The van der Waals surface area contributed by atoms with Crippen LogP contribution in [-0.2, 0) is 9.53 Å². The second-order valence-corrected chi connectivity index (χ2v) is 7.45.